The number of aromatic nitrogens is 3. The molecule has 0 bridgehead atoms. The van der Waals surface area contributed by atoms with E-state index in [1.165, 1.54) is 0 Å². The first-order valence-corrected chi connectivity index (χ1v) is 6.03. The van der Waals surface area contributed by atoms with Crippen LogP contribution in [0.1, 0.15) is 10.7 Å². The normalized spacial score (nSPS) is 10.6. The first-order valence-electron chi connectivity index (χ1n) is 5.15. The number of hydrogen-bond donors (Lipinski definition) is 2. The highest BCUT2D eigenvalue weighted by molar-refractivity contribution is 7.09. The molecule has 16 heavy (non-hydrogen) atoms. The zero-order valence-corrected chi connectivity index (χ0v) is 10.00. The predicted octanol–water partition coefficient (Wildman–Crippen LogP) is 0.990. The Morgan fingerprint density at radius 2 is 2.44 bits per heavy atom. The van der Waals surface area contributed by atoms with E-state index >= 15 is 0 Å². The third-order valence-corrected chi connectivity index (χ3v) is 3.08. The molecule has 5 nitrogen and oxygen atoms in total. The summed E-state index contributed by atoms with van der Waals surface area (Å²) in [5.41, 5.74) is 6.52. The van der Waals surface area contributed by atoms with Gasteiger partial charge in [0.25, 0.3) is 0 Å². The molecule has 86 valence electrons. The van der Waals surface area contributed by atoms with Crippen LogP contribution in [0.3, 0.4) is 0 Å². The van der Waals surface area contributed by atoms with E-state index < -0.39 is 0 Å². The molecular weight excluding hydrogens is 222 g/mol. The SMILES string of the molecule is Cn1ccc(NCc2csc(CCN)n2)n1. The Kier molecular flexibility index (Phi) is 3.53. The number of aryl methyl sites for hydroxylation is 1. The molecule has 0 spiro atoms. The van der Waals surface area contributed by atoms with Gasteiger partial charge in [0.15, 0.2) is 0 Å². The fourth-order valence-electron chi connectivity index (χ4n) is 1.36. The van der Waals surface area contributed by atoms with Gasteiger partial charge in [-0.25, -0.2) is 4.98 Å². The van der Waals surface area contributed by atoms with E-state index in [1.54, 1.807) is 16.0 Å². The van der Waals surface area contributed by atoms with Crippen LogP contribution in [0.5, 0.6) is 0 Å². The molecule has 3 N–H and O–H groups in total. The largest absolute Gasteiger partial charge is 0.363 e. The van der Waals surface area contributed by atoms with Gasteiger partial charge in [-0.3, -0.25) is 4.68 Å². The van der Waals surface area contributed by atoms with Gasteiger partial charge in [0.2, 0.25) is 0 Å². The molecule has 2 aromatic rings. The monoisotopic (exact) mass is 237 g/mol. The summed E-state index contributed by atoms with van der Waals surface area (Å²) in [5.74, 6) is 0.871. The molecule has 0 aromatic carbocycles. The lowest BCUT2D eigenvalue weighted by molar-refractivity contribution is 0.767. The molecule has 0 aliphatic heterocycles. The lowest BCUT2D eigenvalue weighted by Crippen LogP contribution is -2.04. The number of anilines is 1. The maximum Gasteiger partial charge on any atom is 0.148 e. The molecule has 0 atom stereocenters. The van der Waals surface area contributed by atoms with Crippen LogP contribution in [0.25, 0.3) is 0 Å². The summed E-state index contributed by atoms with van der Waals surface area (Å²) in [5, 5.41) is 10.6. The van der Waals surface area contributed by atoms with Crippen molar-refractivity contribution >= 4 is 17.2 Å². The first-order chi connectivity index (χ1) is 7.78. The molecule has 0 fully saturated rings. The van der Waals surface area contributed by atoms with E-state index in [0.29, 0.717) is 13.1 Å². The first kappa shape index (κ1) is 11.1. The molecule has 0 aliphatic rings. The van der Waals surface area contributed by atoms with E-state index in [9.17, 15) is 0 Å². The Hall–Kier alpha value is -1.40. The Labute approximate surface area is 98.3 Å². The van der Waals surface area contributed by atoms with Gasteiger partial charge in [0.05, 0.1) is 17.2 Å². The van der Waals surface area contributed by atoms with Crippen LogP contribution in [0.2, 0.25) is 0 Å². The summed E-state index contributed by atoms with van der Waals surface area (Å²) in [6.07, 6.45) is 2.76. The number of hydrogen-bond acceptors (Lipinski definition) is 5. The molecule has 2 rings (SSSR count). The highest BCUT2D eigenvalue weighted by Crippen LogP contribution is 2.11. The van der Waals surface area contributed by atoms with Gasteiger partial charge in [0.1, 0.15) is 5.82 Å². The Morgan fingerprint density at radius 3 is 3.12 bits per heavy atom. The van der Waals surface area contributed by atoms with Crippen molar-refractivity contribution < 1.29 is 0 Å². The molecule has 6 heteroatoms. The maximum atomic E-state index is 5.48. The van der Waals surface area contributed by atoms with Crippen LogP contribution < -0.4 is 11.1 Å². The Morgan fingerprint density at radius 1 is 1.56 bits per heavy atom. The van der Waals surface area contributed by atoms with Crippen molar-refractivity contribution in [3.8, 4) is 0 Å². The van der Waals surface area contributed by atoms with E-state index in [2.05, 4.69) is 20.8 Å². The van der Waals surface area contributed by atoms with E-state index in [4.69, 9.17) is 5.73 Å². The smallest absolute Gasteiger partial charge is 0.148 e. The predicted molar refractivity (Wildman–Crippen MR) is 65.4 cm³/mol. The molecule has 2 heterocycles. The van der Waals surface area contributed by atoms with Crippen LogP contribution in [0.4, 0.5) is 5.82 Å². The number of nitrogens with one attached hydrogen (secondary N) is 1. The van der Waals surface area contributed by atoms with Crippen molar-refractivity contribution in [1.82, 2.24) is 14.8 Å². The molecular formula is C10H15N5S. The zero-order valence-electron chi connectivity index (χ0n) is 9.18. The third-order valence-electron chi connectivity index (χ3n) is 2.12. The van der Waals surface area contributed by atoms with Crippen molar-refractivity contribution in [2.45, 2.75) is 13.0 Å². The van der Waals surface area contributed by atoms with Crippen molar-refractivity contribution in [3.63, 3.8) is 0 Å². The fourth-order valence-corrected chi connectivity index (χ4v) is 2.17. The second-order valence-corrected chi connectivity index (χ2v) is 4.44. The van der Waals surface area contributed by atoms with Crippen LogP contribution in [-0.2, 0) is 20.0 Å². The maximum absolute atomic E-state index is 5.48. The average Bonchev–Trinajstić information content (AvgIpc) is 2.85. The van der Waals surface area contributed by atoms with Gasteiger partial charge in [-0.2, -0.15) is 5.10 Å². The van der Waals surface area contributed by atoms with Crippen molar-refractivity contribution in [2.75, 3.05) is 11.9 Å². The van der Waals surface area contributed by atoms with Crippen molar-refractivity contribution in [1.29, 1.82) is 0 Å². The highest BCUT2D eigenvalue weighted by atomic mass is 32.1. The van der Waals surface area contributed by atoms with Gasteiger partial charge < -0.3 is 11.1 Å². The molecule has 2 aromatic heterocycles. The molecule has 0 radical (unpaired) electrons. The standard InChI is InChI=1S/C10H15N5S/c1-15-5-3-9(14-15)12-6-8-7-16-10(13-8)2-4-11/h3,5,7H,2,4,6,11H2,1H3,(H,12,14). The minimum absolute atomic E-state index is 0.653. The lowest BCUT2D eigenvalue weighted by atomic mass is 10.4. The lowest BCUT2D eigenvalue weighted by Gasteiger charge is -1.98. The number of rotatable bonds is 5. The second-order valence-electron chi connectivity index (χ2n) is 3.50. The van der Waals surface area contributed by atoms with Crippen molar-refractivity contribution in [3.05, 3.63) is 28.3 Å². The number of nitrogens with two attached hydrogens (primary N) is 1. The van der Waals surface area contributed by atoms with Gasteiger partial charge in [-0.1, -0.05) is 0 Å². The minimum atomic E-state index is 0.653. The van der Waals surface area contributed by atoms with Gasteiger partial charge >= 0.3 is 0 Å². The summed E-state index contributed by atoms with van der Waals surface area (Å²) >= 11 is 1.66. The van der Waals surface area contributed by atoms with Gasteiger partial charge in [-0.05, 0) is 6.54 Å². The molecule has 0 unspecified atom stereocenters. The number of nitrogens with zero attached hydrogens (tertiary/aromatic N) is 3. The van der Waals surface area contributed by atoms with E-state index in [0.717, 1.165) is 22.9 Å². The van der Waals surface area contributed by atoms with Crippen LogP contribution in [0, 0.1) is 0 Å². The third kappa shape index (κ3) is 2.80. The Bertz CT molecular complexity index is 448. The van der Waals surface area contributed by atoms with Gasteiger partial charge in [0, 0.05) is 31.1 Å². The van der Waals surface area contributed by atoms with Crippen molar-refractivity contribution in [2.24, 2.45) is 12.8 Å². The van der Waals surface area contributed by atoms with Crippen LogP contribution >= 0.6 is 11.3 Å². The summed E-state index contributed by atoms with van der Waals surface area (Å²) in [7, 11) is 1.90. The second kappa shape index (κ2) is 5.09. The fraction of sp³-hybridized carbons (Fsp3) is 0.400. The zero-order chi connectivity index (χ0) is 11.4. The quantitative estimate of drug-likeness (QED) is 0.813. The topological polar surface area (TPSA) is 68.8 Å². The average molecular weight is 237 g/mol. The molecule has 0 amide bonds. The Balaban J connectivity index is 1.89. The van der Waals surface area contributed by atoms with Gasteiger partial charge in [-0.15, -0.1) is 11.3 Å². The molecule has 0 aliphatic carbocycles. The van der Waals surface area contributed by atoms with E-state index in [1.807, 2.05) is 19.3 Å². The molecule has 0 saturated carbocycles. The molecule has 0 saturated heterocycles. The van der Waals surface area contributed by atoms with Crippen LogP contribution in [-0.4, -0.2) is 21.3 Å². The number of thiazole rings is 1. The summed E-state index contributed by atoms with van der Waals surface area (Å²) < 4.78 is 1.77. The highest BCUT2D eigenvalue weighted by Gasteiger charge is 2.02. The summed E-state index contributed by atoms with van der Waals surface area (Å²) in [4.78, 5) is 4.46. The summed E-state index contributed by atoms with van der Waals surface area (Å²) in [6.45, 7) is 1.36. The van der Waals surface area contributed by atoms with Crippen LogP contribution in [0.15, 0.2) is 17.6 Å². The van der Waals surface area contributed by atoms with E-state index in [-0.39, 0.29) is 0 Å². The summed E-state index contributed by atoms with van der Waals surface area (Å²) in [6, 6.07) is 1.94. The minimum Gasteiger partial charge on any atom is -0.363 e.